The lowest BCUT2D eigenvalue weighted by molar-refractivity contribution is -0.113. The van der Waals surface area contributed by atoms with Gasteiger partial charge >= 0.3 is 0 Å². The number of hydrogen-bond acceptors (Lipinski definition) is 4. The van der Waals surface area contributed by atoms with E-state index in [1.807, 2.05) is 55.5 Å². The minimum atomic E-state index is -0.0704. The van der Waals surface area contributed by atoms with Crippen molar-refractivity contribution in [1.82, 2.24) is 0 Å². The molecule has 0 spiro atoms. The second kappa shape index (κ2) is 7.78. The van der Waals surface area contributed by atoms with Gasteiger partial charge in [0, 0.05) is 17.9 Å². The Morgan fingerprint density at radius 3 is 2.54 bits per heavy atom. The molecule has 0 aromatic heterocycles. The van der Waals surface area contributed by atoms with Crippen LogP contribution in [-0.4, -0.2) is 16.8 Å². The summed E-state index contributed by atoms with van der Waals surface area (Å²) in [6, 6.07) is 16.2. The van der Waals surface area contributed by atoms with Crippen LogP contribution in [0.4, 0.5) is 11.4 Å². The Morgan fingerprint density at radius 2 is 1.79 bits per heavy atom. The Bertz CT molecular complexity index is 1030. The van der Waals surface area contributed by atoms with E-state index in [0.717, 1.165) is 23.5 Å². The zero-order chi connectivity index (χ0) is 19.7. The van der Waals surface area contributed by atoms with Crippen molar-refractivity contribution in [2.45, 2.75) is 13.8 Å². The number of anilines is 2. The number of carbonyl (C=O) groups excluding carboxylic acids is 1. The van der Waals surface area contributed by atoms with Crippen LogP contribution in [0.2, 0.25) is 0 Å². The molecule has 140 valence electrons. The molecule has 1 amide bonds. The standard InChI is InChI=1S/C23H20N2OS2/c1-3-24-18(13-10-17-6-4-5-7-20(17)24)14-15-21-22(26)25(23(27)28-21)19-11-8-16(2)9-12-19/h4-15H,3H2,1-2H3/b18-14-,21-15-. The molecule has 0 atom stereocenters. The average Bonchev–Trinajstić information content (AvgIpc) is 3.00. The van der Waals surface area contributed by atoms with Gasteiger partial charge < -0.3 is 4.90 Å². The van der Waals surface area contributed by atoms with Crippen LogP contribution >= 0.6 is 24.0 Å². The molecule has 0 unspecified atom stereocenters. The highest BCUT2D eigenvalue weighted by Crippen LogP contribution is 2.36. The van der Waals surface area contributed by atoms with Crippen LogP contribution in [-0.2, 0) is 4.79 Å². The fraction of sp³-hybridized carbons (Fsp3) is 0.130. The number of hydrogen-bond donors (Lipinski definition) is 0. The molecule has 0 N–H and O–H groups in total. The fourth-order valence-electron chi connectivity index (χ4n) is 3.34. The summed E-state index contributed by atoms with van der Waals surface area (Å²) in [6.07, 6.45) is 8.07. The number of amides is 1. The molecule has 3 nitrogen and oxygen atoms in total. The number of thiocarbonyl (C=S) groups is 1. The van der Waals surface area contributed by atoms with E-state index < -0.39 is 0 Å². The van der Waals surface area contributed by atoms with Gasteiger partial charge in [-0.25, -0.2) is 0 Å². The van der Waals surface area contributed by atoms with Crippen molar-refractivity contribution in [2.75, 3.05) is 16.3 Å². The maximum atomic E-state index is 12.9. The molecule has 2 heterocycles. The highest BCUT2D eigenvalue weighted by Gasteiger charge is 2.33. The van der Waals surface area contributed by atoms with Crippen LogP contribution in [0.3, 0.4) is 0 Å². The number of benzene rings is 2. The summed E-state index contributed by atoms with van der Waals surface area (Å²) >= 11 is 6.81. The molecule has 5 heteroatoms. The minimum Gasteiger partial charge on any atom is -0.341 e. The van der Waals surface area contributed by atoms with Crippen molar-refractivity contribution in [1.29, 1.82) is 0 Å². The molecule has 0 aliphatic carbocycles. The monoisotopic (exact) mass is 404 g/mol. The lowest BCUT2D eigenvalue weighted by Crippen LogP contribution is -2.27. The van der Waals surface area contributed by atoms with E-state index in [4.69, 9.17) is 12.2 Å². The number of carbonyl (C=O) groups is 1. The number of likely N-dealkylation sites (N-methyl/N-ethyl adjacent to an activating group) is 1. The molecule has 2 aliphatic heterocycles. The van der Waals surface area contributed by atoms with Crippen molar-refractivity contribution in [2.24, 2.45) is 0 Å². The lowest BCUT2D eigenvalue weighted by Gasteiger charge is -2.29. The largest absolute Gasteiger partial charge is 0.341 e. The van der Waals surface area contributed by atoms with Crippen LogP contribution < -0.4 is 9.80 Å². The zero-order valence-electron chi connectivity index (χ0n) is 15.8. The molecule has 0 radical (unpaired) electrons. The van der Waals surface area contributed by atoms with Gasteiger partial charge in [-0.1, -0.05) is 66.0 Å². The van der Waals surface area contributed by atoms with Gasteiger partial charge in [-0.3, -0.25) is 9.69 Å². The first-order valence-corrected chi connectivity index (χ1v) is 10.4. The van der Waals surface area contributed by atoms with E-state index in [-0.39, 0.29) is 5.91 Å². The van der Waals surface area contributed by atoms with Crippen LogP contribution in [0, 0.1) is 6.92 Å². The molecule has 28 heavy (non-hydrogen) atoms. The summed E-state index contributed by atoms with van der Waals surface area (Å²) < 4.78 is 0.565. The predicted molar refractivity (Wildman–Crippen MR) is 124 cm³/mol. The maximum Gasteiger partial charge on any atom is 0.270 e. The summed E-state index contributed by atoms with van der Waals surface area (Å²) in [6.45, 7) is 5.00. The van der Waals surface area contributed by atoms with Gasteiger partial charge in [0.05, 0.1) is 10.6 Å². The molecule has 0 saturated carbocycles. The third-order valence-electron chi connectivity index (χ3n) is 4.78. The number of fused-ring (bicyclic) bond motifs is 1. The van der Waals surface area contributed by atoms with Gasteiger partial charge in [-0.15, -0.1) is 0 Å². The lowest BCUT2D eigenvalue weighted by atomic mass is 10.1. The van der Waals surface area contributed by atoms with Gasteiger partial charge in [-0.05, 0) is 55.8 Å². The number of aryl methyl sites for hydroxylation is 1. The van der Waals surface area contributed by atoms with Crippen molar-refractivity contribution >= 4 is 51.7 Å². The van der Waals surface area contributed by atoms with Gasteiger partial charge in [0.1, 0.15) is 0 Å². The Labute approximate surface area is 175 Å². The second-order valence-electron chi connectivity index (χ2n) is 6.60. The zero-order valence-corrected chi connectivity index (χ0v) is 17.4. The van der Waals surface area contributed by atoms with Crippen molar-refractivity contribution < 1.29 is 4.79 Å². The van der Waals surface area contributed by atoms with Crippen molar-refractivity contribution in [3.63, 3.8) is 0 Å². The van der Waals surface area contributed by atoms with Crippen molar-refractivity contribution in [3.05, 3.63) is 88.5 Å². The van der Waals surface area contributed by atoms with Gasteiger partial charge in [0.25, 0.3) is 5.91 Å². The minimum absolute atomic E-state index is 0.0704. The molecular formula is C23H20N2OS2. The first-order chi connectivity index (χ1) is 13.6. The summed E-state index contributed by atoms with van der Waals surface area (Å²) in [7, 11) is 0. The first-order valence-electron chi connectivity index (χ1n) is 9.18. The van der Waals surface area contributed by atoms with E-state index in [2.05, 4.69) is 36.1 Å². The maximum absolute atomic E-state index is 12.9. The van der Waals surface area contributed by atoms with Gasteiger partial charge in [-0.2, -0.15) is 0 Å². The molecule has 2 aromatic carbocycles. The molecule has 2 aliphatic rings. The predicted octanol–water partition coefficient (Wildman–Crippen LogP) is 5.68. The Balaban J connectivity index is 1.62. The second-order valence-corrected chi connectivity index (χ2v) is 8.28. The molecule has 0 bridgehead atoms. The van der Waals surface area contributed by atoms with E-state index >= 15 is 0 Å². The van der Waals surface area contributed by atoms with Gasteiger partial charge in [0.15, 0.2) is 4.32 Å². The molecule has 4 rings (SSSR count). The highest BCUT2D eigenvalue weighted by atomic mass is 32.2. The van der Waals surface area contributed by atoms with E-state index in [9.17, 15) is 4.79 Å². The Morgan fingerprint density at radius 1 is 1.04 bits per heavy atom. The number of allylic oxidation sites excluding steroid dienone is 3. The van der Waals surface area contributed by atoms with Gasteiger partial charge in [0.2, 0.25) is 0 Å². The summed E-state index contributed by atoms with van der Waals surface area (Å²) in [5.41, 5.74) is 5.40. The van der Waals surface area contributed by atoms with Crippen LogP contribution in [0.1, 0.15) is 18.1 Å². The summed E-state index contributed by atoms with van der Waals surface area (Å²) in [4.78, 5) is 17.4. The third kappa shape index (κ3) is 3.43. The SMILES string of the molecule is CCN1/C(=C\C=C2/SC(=S)N(c3ccc(C)cc3)C2=O)C=Cc2ccccc21. The van der Waals surface area contributed by atoms with E-state index in [0.29, 0.717) is 9.23 Å². The molecule has 2 aromatic rings. The third-order valence-corrected chi connectivity index (χ3v) is 6.10. The molecular weight excluding hydrogens is 384 g/mol. The van der Waals surface area contributed by atoms with Crippen LogP contribution in [0.5, 0.6) is 0 Å². The number of para-hydroxylation sites is 1. The first kappa shape index (κ1) is 18.7. The van der Waals surface area contributed by atoms with Crippen LogP contribution in [0.15, 0.2) is 77.4 Å². The molecule has 1 fully saturated rings. The normalized spacial score (nSPS) is 19.1. The number of rotatable bonds is 3. The van der Waals surface area contributed by atoms with Crippen molar-refractivity contribution in [3.8, 4) is 0 Å². The topological polar surface area (TPSA) is 23.6 Å². The summed E-state index contributed by atoms with van der Waals surface area (Å²) in [5.74, 6) is -0.0704. The Hall–Kier alpha value is -2.63. The smallest absolute Gasteiger partial charge is 0.270 e. The Kier molecular flexibility index (Phi) is 5.20. The van der Waals surface area contributed by atoms with E-state index in [1.165, 1.54) is 23.0 Å². The highest BCUT2D eigenvalue weighted by molar-refractivity contribution is 8.27. The average molecular weight is 405 g/mol. The van der Waals surface area contributed by atoms with E-state index in [1.54, 1.807) is 4.90 Å². The summed E-state index contributed by atoms with van der Waals surface area (Å²) in [5, 5.41) is 0. The quantitative estimate of drug-likeness (QED) is 0.485. The van der Waals surface area contributed by atoms with Crippen LogP contribution in [0.25, 0.3) is 6.08 Å². The number of thioether (sulfide) groups is 1. The fourth-order valence-corrected chi connectivity index (χ4v) is 4.58. The number of nitrogens with zero attached hydrogens (tertiary/aromatic N) is 2. The molecule has 1 saturated heterocycles.